The zero-order valence-corrected chi connectivity index (χ0v) is 10.8. The van der Waals surface area contributed by atoms with Crippen molar-refractivity contribution in [2.45, 2.75) is 25.8 Å². The summed E-state index contributed by atoms with van der Waals surface area (Å²) >= 11 is 0. The Balaban J connectivity index is 1.92. The molecule has 2 heterocycles. The molecular formula is C10H18N4O2S. The molecule has 7 heteroatoms. The highest BCUT2D eigenvalue weighted by atomic mass is 32.2. The molecule has 1 fully saturated rings. The lowest BCUT2D eigenvalue weighted by Gasteiger charge is -2.25. The SMILES string of the molecule is Cn1cc(CNS(=O)(=O)N2CCCCC2)cn1. The van der Waals surface area contributed by atoms with Crippen LogP contribution in [0, 0.1) is 0 Å². The van der Waals surface area contributed by atoms with Crippen LogP contribution < -0.4 is 4.72 Å². The molecule has 1 aromatic heterocycles. The van der Waals surface area contributed by atoms with Crippen LogP contribution in [0.5, 0.6) is 0 Å². The summed E-state index contributed by atoms with van der Waals surface area (Å²) in [5.74, 6) is 0. The summed E-state index contributed by atoms with van der Waals surface area (Å²) in [7, 11) is -1.52. The van der Waals surface area contributed by atoms with E-state index in [9.17, 15) is 8.42 Å². The van der Waals surface area contributed by atoms with E-state index in [1.165, 1.54) is 4.31 Å². The smallest absolute Gasteiger partial charge is 0.275 e. The first-order valence-corrected chi connectivity index (χ1v) is 7.24. The van der Waals surface area contributed by atoms with Gasteiger partial charge in [-0.2, -0.15) is 22.5 Å². The lowest BCUT2D eigenvalue weighted by atomic mass is 10.2. The van der Waals surface area contributed by atoms with Crippen molar-refractivity contribution in [1.29, 1.82) is 0 Å². The minimum atomic E-state index is -3.33. The summed E-state index contributed by atoms with van der Waals surface area (Å²) in [5, 5.41) is 4.00. The lowest BCUT2D eigenvalue weighted by Crippen LogP contribution is -2.43. The fourth-order valence-corrected chi connectivity index (χ4v) is 3.20. The normalized spacial score (nSPS) is 18.4. The molecule has 1 aromatic rings. The van der Waals surface area contributed by atoms with Gasteiger partial charge < -0.3 is 0 Å². The number of hydrogen-bond donors (Lipinski definition) is 1. The van der Waals surface area contributed by atoms with Gasteiger partial charge in [-0.25, -0.2) is 0 Å². The molecule has 1 N–H and O–H groups in total. The van der Waals surface area contributed by atoms with Crippen LogP contribution in [0.3, 0.4) is 0 Å². The van der Waals surface area contributed by atoms with E-state index in [2.05, 4.69) is 9.82 Å². The monoisotopic (exact) mass is 258 g/mol. The summed E-state index contributed by atoms with van der Waals surface area (Å²) in [5.41, 5.74) is 0.869. The molecule has 6 nitrogen and oxygen atoms in total. The minimum absolute atomic E-state index is 0.298. The Morgan fingerprint density at radius 2 is 2.06 bits per heavy atom. The van der Waals surface area contributed by atoms with E-state index in [0.29, 0.717) is 19.6 Å². The maximum Gasteiger partial charge on any atom is 0.279 e. The van der Waals surface area contributed by atoms with Crippen LogP contribution in [0.4, 0.5) is 0 Å². The summed E-state index contributed by atoms with van der Waals surface area (Å²) in [6, 6.07) is 0. The summed E-state index contributed by atoms with van der Waals surface area (Å²) in [6.07, 6.45) is 6.49. The second-order valence-corrected chi connectivity index (χ2v) is 6.06. The van der Waals surface area contributed by atoms with Crippen molar-refractivity contribution < 1.29 is 8.42 Å². The van der Waals surface area contributed by atoms with Gasteiger partial charge in [-0.3, -0.25) is 4.68 Å². The van der Waals surface area contributed by atoms with Gasteiger partial charge in [0.1, 0.15) is 0 Å². The Kier molecular flexibility index (Phi) is 3.80. The number of aryl methyl sites for hydroxylation is 1. The van der Waals surface area contributed by atoms with Crippen LogP contribution in [0.1, 0.15) is 24.8 Å². The average Bonchev–Trinajstić information content (AvgIpc) is 2.74. The maximum absolute atomic E-state index is 12.0. The molecule has 0 bridgehead atoms. The van der Waals surface area contributed by atoms with Crippen molar-refractivity contribution in [3.8, 4) is 0 Å². The highest BCUT2D eigenvalue weighted by molar-refractivity contribution is 7.87. The molecule has 0 amide bonds. The highest BCUT2D eigenvalue weighted by Gasteiger charge is 2.23. The van der Waals surface area contributed by atoms with Gasteiger partial charge in [0.25, 0.3) is 10.2 Å². The Hall–Kier alpha value is -0.920. The van der Waals surface area contributed by atoms with Crippen molar-refractivity contribution in [3.63, 3.8) is 0 Å². The number of nitrogens with zero attached hydrogens (tertiary/aromatic N) is 3. The topological polar surface area (TPSA) is 67.2 Å². The predicted molar refractivity (Wildman–Crippen MR) is 64.4 cm³/mol. The molecular weight excluding hydrogens is 240 g/mol. The van der Waals surface area contributed by atoms with Gasteiger partial charge >= 0.3 is 0 Å². The van der Waals surface area contributed by atoms with Crippen LogP contribution in [0.2, 0.25) is 0 Å². The predicted octanol–water partition coefficient (Wildman–Crippen LogP) is 0.240. The summed E-state index contributed by atoms with van der Waals surface area (Å²) in [4.78, 5) is 0. The van der Waals surface area contributed by atoms with Crippen molar-refractivity contribution in [2.75, 3.05) is 13.1 Å². The fraction of sp³-hybridized carbons (Fsp3) is 0.700. The van der Waals surface area contributed by atoms with E-state index < -0.39 is 10.2 Å². The molecule has 96 valence electrons. The maximum atomic E-state index is 12.0. The average molecular weight is 258 g/mol. The zero-order valence-electron chi connectivity index (χ0n) is 9.96. The van der Waals surface area contributed by atoms with Gasteiger partial charge in [-0.1, -0.05) is 6.42 Å². The quantitative estimate of drug-likeness (QED) is 0.841. The van der Waals surface area contributed by atoms with E-state index in [-0.39, 0.29) is 0 Å². The van der Waals surface area contributed by atoms with Gasteiger partial charge in [0.2, 0.25) is 0 Å². The van der Waals surface area contributed by atoms with E-state index in [0.717, 1.165) is 24.8 Å². The molecule has 1 aliphatic heterocycles. The molecule has 0 spiro atoms. The summed E-state index contributed by atoms with van der Waals surface area (Å²) in [6.45, 7) is 1.55. The number of rotatable bonds is 4. The van der Waals surface area contributed by atoms with E-state index in [4.69, 9.17) is 0 Å². The van der Waals surface area contributed by atoms with Crippen LogP contribution in [0.15, 0.2) is 12.4 Å². The van der Waals surface area contributed by atoms with Crippen LogP contribution in [-0.4, -0.2) is 35.6 Å². The first-order valence-electron chi connectivity index (χ1n) is 5.80. The van der Waals surface area contributed by atoms with E-state index >= 15 is 0 Å². The second kappa shape index (κ2) is 5.16. The van der Waals surface area contributed by atoms with Crippen molar-refractivity contribution in [2.24, 2.45) is 7.05 Å². The third kappa shape index (κ3) is 3.27. The lowest BCUT2D eigenvalue weighted by molar-refractivity contribution is 0.341. The Morgan fingerprint density at radius 1 is 1.35 bits per heavy atom. The molecule has 0 saturated carbocycles. The molecule has 0 aromatic carbocycles. The number of piperidine rings is 1. The fourth-order valence-electron chi connectivity index (χ4n) is 1.93. The standard InChI is InChI=1S/C10H18N4O2S/c1-13-9-10(7-11-13)8-12-17(15,16)14-5-3-2-4-6-14/h7,9,12H,2-6,8H2,1H3. The molecule has 2 rings (SSSR count). The first-order chi connectivity index (χ1) is 8.08. The first kappa shape index (κ1) is 12.5. The Morgan fingerprint density at radius 3 is 2.65 bits per heavy atom. The van der Waals surface area contributed by atoms with Crippen molar-refractivity contribution >= 4 is 10.2 Å². The third-order valence-corrected chi connectivity index (χ3v) is 4.43. The van der Waals surface area contributed by atoms with Crippen molar-refractivity contribution in [1.82, 2.24) is 18.8 Å². The molecule has 0 unspecified atom stereocenters. The van der Waals surface area contributed by atoms with Crippen molar-refractivity contribution in [3.05, 3.63) is 18.0 Å². The Labute approximate surface area is 102 Å². The van der Waals surface area contributed by atoms with Crippen LogP contribution in [-0.2, 0) is 23.8 Å². The summed E-state index contributed by atoms with van der Waals surface area (Å²) < 4.78 is 29.7. The molecule has 0 atom stereocenters. The Bertz CT molecular complexity index is 462. The largest absolute Gasteiger partial charge is 0.279 e. The van der Waals surface area contributed by atoms with Gasteiger partial charge in [0.05, 0.1) is 6.20 Å². The number of aromatic nitrogens is 2. The number of nitrogens with one attached hydrogen (secondary N) is 1. The van der Waals surface area contributed by atoms with Gasteiger partial charge in [0.15, 0.2) is 0 Å². The molecule has 1 saturated heterocycles. The van der Waals surface area contributed by atoms with E-state index in [1.807, 2.05) is 7.05 Å². The van der Waals surface area contributed by atoms with Gasteiger partial charge in [-0.05, 0) is 12.8 Å². The molecule has 1 aliphatic rings. The van der Waals surface area contributed by atoms with Gasteiger partial charge in [-0.15, -0.1) is 0 Å². The van der Waals surface area contributed by atoms with Crippen LogP contribution in [0.25, 0.3) is 0 Å². The molecule has 0 radical (unpaired) electrons. The zero-order chi connectivity index (χ0) is 12.3. The van der Waals surface area contributed by atoms with Gasteiger partial charge in [0, 0.05) is 38.4 Å². The molecule has 0 aliphatic carbocycles. The second-order valence-electron chi connectivity index (χ2n) is 4.31. The number of hydrogen-bond acceptors (Lipinski definition) is 3. The third-order valence-electron chi connectivity index (χ3n) is 2.87. The minimum Gasteiger partial charge on any atom is -0.275 e. The highest BCUT2D eigenvalue weighted by Crippen LogP contribution is 2.12. The van der Waals surface area contributed by atoms with E-state index in [1.54, 1.807) is 17.1 Å². The van der Waals surface area contributed by atoms with Crippen LogP contribution >= 0.6 is 0 Å². The molecule has 17 heavy (non-hydrogen) atoms.